The fourth-order valence-electron chi connectivity index (χ4n) is 1.99. The zero-order valence-electron chi connectivity index (χ0n) is 11.0. The van der Waals surface area contributed by atoms with Crippen LogP contribution < -0.4 is 0 Å². The average molecular weight is 269 g/mol. The van der Waals surface area contributed by atoms with Crippen LogP contribution in [0.15, 0.2) is 5.38 Å². The van der Waals surface area contributed by atoms with Gasteiger partial charge in [0.1, 0.15) is 12.7 Å². The molecule has 0 radical (unpaired) electrons. The molecule has 1 aliphatic rings. The van der Waals surface area contributed by atoms with Crippen molar-refractivity contribution in [2.75, 3.05) is 13.2 Å². The van der Waals surface area contributed by atoms with E-state index in [4.69, 9.17) is 4.84 Å². The molecule has 0 saturated carbocycles. The van der Waals surface area contributed by atoms with Crippen LogP contribution >= 0.6 is 11.3 Å². The van der Waals surface area contributed by atoms with Crippen LogP contribution in [0.2, 0.25) is 0 Å². The smallest absolute Gasteiger partial charge is 0.278 e. The fourth-order valence-corrected chi connectivity index (χ4v) is 3.24. The van der Waals surface area contributed by atoms with Gasteiger partial charge in [-0.25, -0.2) is 5.06 Å². The minimum Gasteiger partial charge on any atom is -0.389 e. The average Bonchev–Trinajstić information content (AvgIpc) is 2.86. The Kier molecular flexibility index (Phi) is 4.04. The van der Waals surface area contributed by atoms with E-state index in [-0.39, 0.29) is 19.1 Å². The SMILES string of the molecule is Cc1c(C(=O)N2CC(O)CO2)csc1CC(C)C. The van der Waals surface area contributed by atoms with Gasteiger partial charge in [0.05, 0.1) is 12.1 Å². The summed E-state index contributed by atoms with van der Waals surface area (Å²) in [5, 5.41) is 12.5. The van der Waals surface area contributed by atoms with E-state index in [1.54, 1.807) is 11.3 Å². The fraction of sp³-hybridized carbons (Fsp3) is 0.615. The topological polar surface area (TPSA) is 49.8 Å². The number of hydroxylamine groups is 2. The molecule has 1 fully saturated rings. The van der Waals surface area contributed by atoms with Gasteiger partial charge in [-0.05, 0) is 24.8 Å². The van der Waals surface area contributed by atoms with Crippen LogP contribution in [-0.4, -0.2) is 35.3 Å². The lowest BCUT2D eigenvalue weighted by atomic mass is 10.0. The minimum atomic E-state index is -0.567. The van der Waals surface area contributed by atoms with Gasteiger partial charge in [-0.15, -0.1) is 11.3 Å². The maximum Gasteiger partial charge on any atom is 0.278 e. The molecule has 2 heterocycles. The summed E-state index contributed by atoms with van der Waals surface area (Å²) in [6.45, 7) is 6.77. The normalized spacial score (nSPS) is 19.8. The number of hydrogen-bond donors (Lipinski definition) is 1. The zero-order chi connectivity index (χ0) is 13.3. The molecule has 2 rings (SSSR count). The van der Waals surface area contributed by atoms with E-state index in [1.807, 2.05) is 12.3 Å². The lowest BCUT2D eigenvalue weighted by Gasteiger charge is -2.13. The zero-order valence-corrected chi connectivity index (χ0v) is 11.8. The molecule has 1 amide bonds. The second kappa shape index (κ2) is 5.38. The van der Waals surface area contributed by atoms with Crippen LogP contribution in [0.3, 0.4) is 0 Å². The summed E-state index contributed by atoms with van der Waals surface area (Å²) in [6.07, 6.45) is 0.427. The third-order valence-corrected chi connectivity index (χ3v) is 4.10. The predicted octanol–water partition coefficient (Wildman–Crippen LogP) is 2.00. The maximum absolute atomic E-state index is 12.2. The second-order valence-electron chi connectivity index (χ2n) is 5.11. The summed E-state index contributed by atoms with van der Waals surface area (Å²) in [7, 11) is 0. The standard InChI is InChI=1S/C13H19NO3S/c1-8(2)4-12-9(3)11(7-18-12)13(16)14-5-10(15)6-17-14/h7-8,10,15H,4-6H2,1-3H3. The summed E-state index contributed by atoms with van der Waals surface area (Å²) in [5.41, 5.74) is 1.74. The molecule has 18 heavy (non-hydrogen) atoms. The number of carbonyl (C=O) groups excluding carboxylic acids is 1. The molecule has 0 aliphatic carbocycles. The van der Waals surface area contributed by atoms with Gasteiger partial charge in [0.2, 0.25) is 0 Å². The van der Waals surface area contributed by atoms with E-state index in [0.717, 1.165) is 12.0 Å². The van der Waals surface area contributed by atoms with Gasteiger partial charge in [-0.3, -0.25) is 9.63 Å². The highest BCUT2D eigenvalue weighted by molar-refractivity contribution is 7.10. The van der Waals surface area contributed by atoms with Gasteiger partial charge >= 0.3 is 0 Å². The van der Waals surface area contributed by atoms with Gasteiger partial charge in [-0.1, -0.05) is 13.8 Å². The molecule has 1 unspecified atom stereocenters. The number of amides is 1. The Hall–Kier alpha value is -0.910. The lowest BCUT2D eigenvalue weighted by molar-refractivity contribution is -0.0779. The Bertz CT molecular complexity index is 441. The summed E-state index contributed by atoms with van der Waals surface area (Å²) >= 11 is 1.63. The molecule has 100 valence electrons. The highest BCUT2D eigenvalue weighted by atomic mass is 32.1. The summed E-state index contributed by atoms with van der Waals surface area (Å²) < 4.78 is 0. The monoisotopic (exact) mass is 269 g/mol. The summed E-state index contributed by atoms with van der Waals surface area (Å²) in [4.78, 5) is 18.6. The van der Waals surface area contributed by atoms with Crippen LogP contribution in [0.25, 0.3) is 0 Å². The molecule has 0 bridgehead atoms. The van der Waals surface area contributed by atoms with Crippen molar-refractivity contribution in [2.24, 2.45) is 5.92 Å². The highest BCUT2D eigenvalue weighted by Gasteiger charge is 2.28. The van der Waals surface area contributed by atoms with Crippen molar-refractivity contribution in [1.29, 1.82) is 0 Å². The number of carbonyl (C=O) groups is 1. The first kappa shape index (κ1) is 13.5. The number of aliphatic hydroxyl groups excluding tert-OH is 1. The Balaban J connectivity index is 2.13. The molecule has 1 aromatic heterocycles. The lowest BCUT2D eigenvalue weighted by Crippen LogP contribution is -2.28. The molecule has 4 nitrogen and oxygen atoms in total. The van der Waals surface area contributed by atoms with E-state index >= 15 is 0 Å². The van der Waals surface area contributed by atoms with Crippen molar-refractivity contribution in [3.63, 3.8) is 0 Å². The number of β-amino-alcohol motifs (C(OH)–C–C–N with tert-alkyl or cyclic N) is 1. The molecule has 1 aromatic rings. The van der Waals surface area contributed by atoms with Gasteiger partial charge < -0.3 is 5.11 Å². The van der Waals surface area contributed by atoms with Crippen LogP contribution in [0, 0.1) is 12.8 Å². The first-order chi connectivity index (χ1) is 8.49. The number of hydrogen-bond acceptors (Lipinski definition) is 4. The summed E-state index contributed by atoms with van der Waals surface area (Å²) in [5.74, 6) is 0.436. The molecule has 1 atom stereocenters. The molecule has 0 aromatic carbocycles. The molecule has 1 saturated heterocycles. The van der Waals surface area contributed by atoms with E-state index in [1.165, 1.54) is 9.94 Å². The largest absolute Gasteiger partial charge is 0.389 e. The van der Waals surface area contributed by atoms with E-state index in [9.17, 15) is 9.90 Å². The first-order valence-corrected chi connectivity index (χ1v) is 7.06. The van der Waals surface area contributed by atoms with E-state index < -0.39 is 6.10 Å². The maximum atomic E-state index is 12.2. The quantitative estimate of drug-likeness (QED) is 0.913. The molecule has 0 spiro atoms. The highest BCUT2D eigenvalue weighted by Crippen LogP contribution is 2.26. The van der Waals surface area contributed by atoms with Crippen LogP contribution in [0.1, 0.15) is 34.6 Å². The van der Waals surface area contributed by atoms with Crippen molar-refractivity contribution in [3.05, 3.63) is 21.4 Å². The molecule has 5 heteroatoms. The Morgan fingerprint density at radius 1 is 1.67 bits per heavy atom. The number of aliphatic hydroxyl groups is 1. The Labute approximate surface area is 111 Å². The van der Waals surface area contributed by atoms with Gasteiger partial charge in [0.25, 0.3) is 5.91 Å². The molecule has 1 aliphatic heterocycles. The van der Waals surface area contributed by atoms with Gasteiger partial charge in [0, 0.05) is 10.3 Å². The molecule has 1 N–H and O–H groups in total. The number of thiophene rings is 1. The van der Waals surface area contributed by atoms with Crippen LogP contribution in [0.5, 0.6) is 0 Å². The Morgan fingerprint density at radius 2 is 2.39 bits per heavy atom. The Morgan fingerprint density at radius 3 is 2.94 bits per heavy atom. The van der Waals surface area contributed by atoms with Crippen molar-refractivity contribution >= 4 is 17.2 Å². The number of nitrogens with zero attached hydrogens (tertiary/aromatic N) is 1. The van der Waals surface area contributed by atoms with Gasteiger partial charge in [0.15, 0.2) is 0 Å². The van der Waals surface area contributed by atoms with Gasteiger partial charge in [-0.2, -0.15) is 0 Å². The van der Waals surface area contributed by atoms with Crippen LogP contribution in [-0.2, 0) is 11.3 Å². The molecular weight excluding hydrogens is 250 g/mol. The number of rotatable bonds is 3. The van der Waals surface area contributed by atoms with Crippen molar-refractivity contribution in [1.82, 2.24) is 5.06 Å². The minimum absolute atomic E-state index is 0.143. The predicted molar refractivity (Wildman–Crippen MR) is 70.6 cm³/mol. The van der Waals surface area contributed by atoms with E-state index in [2.05, 4.69) is 13.8 Å². The first-order valence-electron chi connectivity index (χ1n) is 6.18. The van der Waals surface area contributed by atoms with Crippen molar-refractivity contribution < 1.29 is 14.7 Å². The third kappa shape index (κ3) is 2.74. The summed E-state index contributed by atoms with van der Waals surface area (Å²) in [6, 6.07) is 0. The van der Waals surface area contributed by atoms with Crippen LogP contribution in [0.4, 0.5) is 0 Å². The van der Waals surface area contributed by atoms with Crippen molar-refractivity contribution in [3.8, 4) is 0 Å². The van der Waals surface area contributed by atoms with E-state index in [0.29, 0.717) is 11.5 Å². The van der Waals surface area contributed by atoms with Crippen molar-refractivity contribution in [2.45, 2.75) is 33.3 Å². The third-order valence-electron chi connectivity index (χ3n) is 2.99. The second-order valence-corrected chi connectivity index (χ2v) is 6.08. The molecular formula is C13H19NO3S.